The summed E-state index contributed by atoms with van der Waals surface area (Å²) in [6.45, 7) is 0. The molecule has 1 aromatic carbocycles. The number of aromatic nitrogens is 3. The molecule has 0 bridgehead atoms. The Kier molecular flexibility index (Phi) is 4.83. The van der Waals surface area contributed by atoms with E-state index in [1.165, 1.54) is 11.9 Å². The lowest BCUT2D eigenvalue weighted by molar-refractivity contribution is 0.471. The number of hydrogen-bond acceptors (Lipinski definition) is 5. The topological polar surface area (TPSA) is 68.2 Å². The van der Waals surface area contributed by atoms with Gasteiger partial charge in [-0.2, -0.15) is 0 Å². The van der Waals surface area contributed by atoms with Gasteiger partial charge in [0, 0.05) is 21.9 Å². The highest BCUT2D eigenvalue weighted by Crippen LogP contribution is 2.28. The fourth-order valence-electron chi connectivity index (χ4n) is 3.35. The Bertz CT molecular complexity index is 873. The molecule has 0 atom stereocenters. The average molecular weight is 374 g/mol. The van der Waals surface area contributed by atoms with E-state index in [1.54, 1.807) is 0 Å². The van der Waals surface area contributed by atoms with E-state index in [4.69, 9.17) is 21.8 Å². The lowest BCUT2D eigenvalue weighted by Crippen LogP contribution is -2.28. The van der Waals surface area contributed by atoms with Crippen molar-refractivity contribution >= 4 is 35.0 Å². The number of nitrogens with two attached hydrogens (primary N) is 1. The van der Waals surface area contributed by atoms with Gasteiger partial charge in [-0.15, -0.1) is 5.10 Å². The zero-order valence-corrected chi connectivity index (χ0v) is 15.3. The second-order valence-corrected chi connectivity index (χ2v) is 7.77. The minimum atomic E-state index is 0.450. The lowest BCUT2D eigenvalue weighted by Gasteiger charge is -2.28. The molecule has 0 unspecified atom stereocenters. The molecule has 1 aliphatic rings. The molecule has 2 heterocycles. The van der Waals surface area contributed by atoms with Crippen LogP contribution in [0, 0.1) is 0 Å². The number of imidazole rings is 1. The maximum atomic E-state index is 6.12. The van der Waals surface area contributed by atoms with Crippen LogP contribution in [0.1, 0.15) is 25.7 Å². The van der Waals surface area contributed by atoms with Crippen LogP contribution in [0.4, 0.5) is 5.82 Å². The van der Waals surface area contributed by atoms with Gasteiger partial charge in [0.15, 0.2) is 5.65 Å². The van der Waals surface area contributed by atoms with Gasteiger partial charge in [0.25, 0.3) is 0 Å². The molecule has 3 aromatic rings. The first-order valence-corrected chi connectivity index (χ1v) is 9.78. The molecule has 3 N–H and O–H groups in total. The summed E-state index contributed by atoms with van der Waals surface area (Å²) in [7, 11) is 0. The van der Waals surface area contributed by atoms with Crippen molar-refractivity contribution in [3.63, 3.8) is 0 Å². The number of hydrogen-bond donors (Lipinski definition) is 2. The van der Waals surface area contributed by atoms with Gasteiger partial charge in [-0.05, 0) is 49.9 Å². The minimum Gasteiger partial charge on any atom is -0.366 e. The highest BCUT2D eigenvalue weighted by molar-refractivity contribution is 7.97. The molecule has 0 spiro atoms. The summed E-state index contributed by atoms with van der Waals surface area (Å²) in [4.78, 5) is 4.45. The number of fused-ring (bicyclic) bond motifs is 1. The second-order valence-electron chi connectivity index (χ2n) is 6.40. The highest BCUT2D eigenvalue weighted by atomic mass is 35.5. The zero-order chi connectivity index (χ0) is 17.2. The summed E-state index contributed by atoms with van der Waals surface area (Å²) in [6, 6.07) is 12.2. The monoisotopic (exact) mass is 373 g/mol. The van der Waals surface area contributed by atoms with Crippen LogP contribution in [0.5, 0.6) is 0 Å². The summed E-state index contributed by atoms with van der Waals surface area (Å²) in [5.41, 5.74) is 2.76. The smallest absolute Gasteiger partial charge is 0.154 e. The largest absolute Gasteiger partial charge is 0.366 e. The fourth-order valence-corrected chi connectivity index (χ4v) is 4.08. The Morgan fingerprint density at radius 3 is 2.76 bits per heavy atom. The van der Waals surface area contributed by atoms with Crippen LogP contribution >= 0.6 is 23.5 Å². The van der Waals surface area contributed by atoms with Crippen molar-refractivity contribution in [3.05, 3.63) is 47.6 Å². The molecule has 2 aromatic heterocycles. The third-order valence-corrected chi connectivity index (χ3v) is 5.79. The van der Waals surface area contributed by atoms with Crippen molar-refractivity contribution in [2.24, 2.45) is 5.14 Å². The molecule has 0 aliphatic heterocycles. The first kappa shape index (κ1) is 16.7. The van der Waals surface area contributed by atoms with Gasteiger partial charge in [0.05, 0.1) is 11.9 Å². The molecule has 1 saturated carbocycles. The molecule has 4 rings (SSSR count). The standard InChI is InChI=1S/C18H20ClN5S/c19-13-3-1-2-12(10-13)16-11-21-18-9-8-17(23-24(16)18)22-14-4-6-15(25-20)7-5-14/h1-3,8-11,14-15H,4-7,20H2,(H,22,23). The molecule has 0 radical (unpaired) electrons. The van der Waals surface area contributed by atoms with Crippen LogP contribution in [0.25, 0.3) is 16.9 Å². The zero-order valence-electron chi connectivity index (χ0n) is 13.7. The molecule has 1 fully saturated rings. The molecule has 0 amide bonds. The lowest BCUT2D eigenvalue weighted by atomic mass is 9.95. The predicted molar refractivity (Wildman–Crippen MR) is 105 cm³/mol. The quantitative estimate of drug-likeness (QED) is 0.664. The van der Waals surface area contributed by atoms with Crippen LogP contribution in [-0.4, -0.2) is 25.9 Å². The first-order valence-electron chi connectivity index (χ1n) is 8.46. The van der Waals surface area contributed by atoms with Crippen LogP contribution in [0.3, 0.4) is 0 Å². The predicted octanol–water partition coefficient (Wildman–Crippen LogP) is 4.38. The number of nitrogens with one attached hydrogen (secondary N) is 1. The number of benzene rings is 1. The fraction of sp³-hybridized carbons (Fsp3) is 0.333. The van der Waals surface area contributed by atoms with Gasteiger partial charge < -0.3 is 5.32 Å². The summed E-state index contributed by atoms with van der Waals surface area (Å²) in [6.07, 6.45) is 6.39. The van der Waals surface area contributed by atoms with E-state index in [9.17, 15) is 0 Å². The van der Waals surface area contributed by atoms with Crippen LogP contribution in [0.2, 0.25) is 5.02 Å². The third-order valence-electron chi connectivity index (χ3n) is 4.70. The molecule has 1 aliphatic carbocycles. The molecular weight excluding hydrogens is 354 g/mol. The minimum absolute atomic E-state index is 0.450. The van der Waals surface area contributed by atoms with Gasteiger partial charge in [-0.3, -0.25) is 5.14 Å². The van der Waals surface area contributed by atoms with E-state index in [0.29, 0.717) is 16.3 Å². The Hall–Kier alpha value is -1.76. The number of halogens is 1. The van der Waals surface area contributed by atoms with E-state index < -0.39 is 0 Å². The van der Waals surface area contributed by atoms with Gasteiger partial charge >= 0.3 is 0 Å². The van der Waals surface area contributed by atoms with Gasteiger partial charge in [-0.25, -0.2) is 9.50 Å². The first-order chi connectivity index (χ1) is 12.2. The van der Waals surface area contributed by atoms with Crippen molar-refractivity contribution in [2.45, 2.75) is 37.0 Å². The summed E-state index contributed by atoms with van der Waals surface area (Å²) >= 11 is 7.61. The molecular formula is C18H20ClN5S. The Balaban J connectivity index is 1.58. The Labute approximate surface area is 156 Å². The number of nitrogens with zero attached hydrogens (tertiary/aromatic N) is 3. The van der Waals surface area contributed by atoms with Crippen LogP contribution in [-0.2, 0) is 0 Å². The van der Waals surface area contributed by atoms with Crippen molar-refractivity contribution in [2.75, 3.05) is 5.32 Å². The molecule has 25 heavy (non-hydrogen) atoms. The second kappa shape index (κ2) is 7.23. The van der Waals surface area contributed by atoms with E-state index >= 15 is 0 Å². The maximum Gasteiger partial charge on any atom is 0.154 e. The average Bonchev–Trinajstić information content (AvgIpc) is 3.06. The van der Waals surface area contributed by atoms with Gasteiger partial charge in [0.1, 0.15) is 5.82 Å². The number of anilines is 1. The Morgan fingerprint density at radius 1 is 1.16 bits per heavy atom. The van der Waals surface area contributed by atoms with Crippen molar-refractivity contribution < 1.29 is 0 Å². The van der Waals surface area contributed by atoms with E-state index in [2.05, 4.69) is 10.3 Å². The van der Waals surface area contributed by atoms with Crippen LogP contribution < -0.4 is 10.5 Å². The van der Waals surface area contributed by atoms with Gasteiger partial charge in [-0.1, -0.05) is 35.7 Å². The summed E-state index contributed by atoms with van der Waals surface area (Å²) in [5.74, 6) is 0.873. The van der Waals surface area contributed by atoms with Crippen molar-refractivity contribution in [3.8, 4) is 11.3 Å². The number of rotatable bonds is 4. The maximum absolute atomic E-state index is 6.12. The molecule has 130 valence electrons. The highest BCUT2D eigenvalue weighted by Gasteiger charge is 2.21. The summed E-state index contributed by atoms with van der Waals surface area (Å²) in [5, 5.41) is 15.3. The third kappa shape index (κ3) is 3.61. The van der Waals surface area contributed by atoms with E-state index in [0.717, 1.165) is 48.4 Å². The van der Waals surface area contributed by atoms with Crippen LogP contribution in [0.15, 0.2) is 42.6 Å². The van der Waals surface area contributed by atoms with Crippen molar-refractivity contribution in [1.82, 2.24) is 14.6 Å². The van der Waals surface area contributed by atoms with Crippen molar-refractivity contribution in [1.29, 1.82) is 0 Å². The van der Waals surface area contributed by atoms with Gasteiger partial charge in [0.2, 0.25) is 0 Å². The van der Waals surface area contributed by atoms with E-state index in [-0.39, 0.29) is 0 Å². The Morgan fingerprint density at radius 2 is 2.00 bits per heavy atom. The molecule has 5 nitrogen and oxygen atoms in total. The summed E-state index contributed by atoms with van der Waals surface area (Å²) < 4.78 is 1.87. The molecule has 7 heteroatoms. The van der Waals surface area contributed by atoms with E-state index in [1.807, 2.05) is 47.1 Å². The molecule has 0 saturated heterocycles. The SMILES string of the molecule is NSC1CCC(Nc2ccc3ncc(-c4cccc(Cl)c4)n3n2)CC1. The normalized spacial score (nSPS) is 20.7.